The third kappa shape index (κ3) is 4.21. The number of benzene rings is 2. The van der Waals surface area contributed by atoms with E-state index in [0.29, 0.717) is 0 Å². The van der Waals surface area contributed by atoms with E-state index < -0.39 is 33.2 Å². The van der Waals surface area contributed by atoms with Crippen LogP contribution in [0, 0.1) is 20.2 Å². The van der Waals surface area contributed by atoms with Gasteiger partial charge in [0.2, 0.25) is 5.91 Å². The number of anilines is 2. The smallest absolute Gasteiger partial charge is 0.300 e. The maximum atomic E-state index is 11.8. The van der Waals surface area contributed by atoms with Crippen molar-refractivity contribution in [3.05, 3.63) is 68.3 Å². The fourth-order valence-electron chi connectivity index (χ4n) is 2.37. The second-order valence-corrected chi connectivity index (χ2v) is 5.33. The second kappa shape index (κ2) is 7.90. The Labute approximate surface area is 147 Å². The van der Waals surface area contributed by atoms with Crippen molar-refractivity contribution in [2.75, 3.05) is 10.7 Å². The van der Waals surface area contributed by atoms with Crippen LogP contribution in [0.15, 0.2) is 42.5 Å². The van der Waals surface area contributed by atoms with Crippen LogP contribution in [0.3, 0.4) is 0 Å². The Bertz CT molecular complexity index is 842. The minimum atomic E-state index is -0.969. The average Bonchev–Trinajstić information content (AvgIpc) is 2.61. The molecule has 0 aliphatic carbocycles. The zero-order chi connectivity index (χ0) is 19.3. The Morgan fingerprint density at radius 2 is 1.62 bits per heavy atom. The van der Waals surface area contributed by atoms with Gasteiger partial charge in [-0.2, -0.15) is 0 Å². The molecule has 0 bridgehead atoms. The number of nitrogens with one attached hydrogen (secondary N) is 2. The number of nitro groups is 2. The molecule has 0 unspecified atom stereocenters. The van der Waals surface area contributed by atoms with Crippen molar-refractivity contribution < 1.29 is 14.6 Å². The molecule has 1 amide bonds. The lowest BCUT2D eigenvalue weighted by Gasteiger charge is -2.17. The van der Waals surface area contributed by atoms with E-state index in [2.05, 4.69) is 10.7 Å². The van der Waals surface area contributed by atoms with Crippen molar-refractivity contribution in [2.45, 2.75) is 12.5 Å². The molecule has 11 nitrogen and oxygen atoms in total. The van der Waals surface area contributed by atoms with Gasteiger partial charge in [-0.1, -0.05) is 30.3 Å². The Kier molecular flexibility index (Phi) is 5.65. The van der Waals surface area contributed by atoms with Gasteiger partial charge in [-0.3, -0.25) is 30.9 Å². The Morgan fingerprint density at radius 3 is 2.12 bits per heavy atom. The number of rotatable bonds is 8. The molecule has 11 heteroatoms. The highest BCUT2D eigenvalue weighted by Gasteiger charge is 2.27. The van der Waals surface area contributed by atoms with Crippen molar-refractivity contribution >= 4 is 28.7 Å². The van der Waals surface area contributed by atoms with Crippen molar-refractivity contribution in [3.8, 4) is 0 Å². The molecular weight excluding hydrogens is 344 g/mol. The zero-order valence-electron chi connectivity index (χ0n) is 13.4. The van der Waals surface area contributed by atoms with E-state index in [9.17, 15) is 25.0 Å². The van der Waals surface area contributed by atoms with E-state index in [4.69, 9.17) is 11.6 Å². The summed E-state index contributed by atoms with van der Waals surface area (Å²) in [6, 6.07) is 9.79. The molecule has 0 radical (unpaired) electrons. The number of amides is 1. The molecule has 136 valence electrons. The Hall–Kier alpha value is -3.73. The van der Waals surface area contributed by atoms with Crippen LogP contribution in [0.1, 0.15) is 5.56 Å². The van der Waals surface area contributed by atoms with Gasteiger partial charge < -0.3 is 16.5 Å². The third-order valence-corrected chi connectivity index (χ3v) is 3.62. The number of hydrogen-bond acceptors (Lipinski definition) is 8. The van der Waals surface area contributed by atoms with E-state index in [0.717, 1.165) is 17.7 Å². The summed E-state index contributed by atoms with van der Waals surface area (Å²) in [7, 11) is 0. The lowest BCUT2D eigenvalue weighted by Crippen LogP contribution is -2.37. The number of hydrazine groups is 1. The van der Waals surface area contributed by atoms with E-state index in [1.165, 1.54) is 0 Å². The minimum Gasteiger partial charge on any atom is -0.368 e. The number of nitrogens with two attached hydrogens (primary N) is 2. The van der Waals surface area contributed by atoms with Gasteiger partial charge in [0.15, 0.2) is 0 Å². The topological polar surface area (TPSA) is 179 Å². The number of nitro benzene ring substituents is 2. The molecule has 0 aromatic heterocycles. The molecule has 0 saturated carbocycles. The highest BCUT2D eigenvalue weighted by atomic mass is 16.6. The Morgan fingerprint density at radius 1 is 1.04 bits per heavy atom. The number of hydrogen-bond donors (Lipinski definition) is 4. The van der Waals surface area contributed by atoms with E-state index in [-0.39, 0.29) is 17.8 Å². The lowest BCUT2D eigenvalue weighted by molar-refractivity contribution is -0.393. The van der Waals surface area contributed by atoms with Crippen LogP contribution in [0.25, 0.3) is 0 Å². The van der Waals surface area contributed by atoms with Gasteiger partial charge in [0.25, 0.3) is 5.69 Å². The summed E-state index contributed by atoms with van der Waals surface area (Å²) in [5.41, 5.74) is 6.88. The highest BCUT2D eigenvalue weighted by molar-refractivity contribution is 5.86. The summed E-state index contributed by atoms with van der Waals surface area (Å²) in [6.45, 7) is 0. The molecule has 1 atom stereocenters. The van der Waals surface area contributed by atoms with Crippen LogP contribution in [0.5, 0.6) is 0 Å². The standard InChI is InChI=1S/C15H16N6O5/c16-15(22)12(6-9-4-2-1-3-5-9)18-10-7-11(19-17)14(21(25)26)8-13(10)20(23)24/h1-5,7-8,12,18-19H,6,17H2,(H2,16,22)/t12-/m0/s1. The molecule has 6 N–H and O–H groups in total. The Balaban J connectivity index is 2.42. The fraction of sp³-hybridized carbons (Fsp3) is 0.133. The maximum Gasteiger partial charge on any atom is 0.300 e. The van der Waals surface area contributed by atoms with E-state index in [1.807, 2.05) is 0 Å². The van der Waals surface area contributed by atoms with Crippen molar-refractivity contribution in [2.24, 2.45) is 11.6 Å². The van der Waals surface area contributed by atoms with Crippen LogP contribution < -0.4 is 22.3 Å². The predicted molar refractivity (Wildman–Crippen MR) is 94.3 cm³/mol. The van der Waals surface area contributed by atoms with Gasteiger partial charge in [-0.15, -0.1) is 0 Å². The van der Waals surface area contributed by atoms with Crippen LogP contribution in [0.2, 0.25) is 0 Å². The first-order valence-corrected chi connectivity index (χ1v) is 7.36. The van der Waals surface area contributed by atoms with Crippen LogP contribution in [-0.4, -0.2) is 21.8 Å². The highest BCUT2D eigenvalue weighted by Crippen LogP contribution is 2.36. The molecule has 0 fully saturated rings. The first kappa shape index (κ1) is 18.6. The molecule has 0 saturated heterocycles. The summed E-state index contributed by atoms with van der Waals surface area (Å²) < 4.78 is 0. The summed E-state index contributed by atoms with van der Waals surface area (Å²) in [6.07, 6.45) is 0.176. The predicted octanol–water partition coefficient (Wildman–Crippen LogP) is 1.30. The molecule has 0 heterocycles. The fourth-order valence-corrected chi connectivity index (χ4v) is 2.37. The number of nitrogens with zero attached hydrogens (tertiary/aromatic N) is 2. The van der Waals surface area contributed by atoms with Gasteiger partial charge in [-0.05, 0) is 11.6 Å². The molecule has 2 aromatic rings. The number of carbonyl (C=O) groups excluding carboxylic acids is 1. The van der Waals surface area contributed by atoms with E-state index in [1.54, 1.807) is 30.3 Å². The molecule has 2 aromatic carbocycles. The first-order chi connectivity index (χ1) is 12.3. The molecular formula is C15H16N6O5. The normalized spacial score (nSPS) is 11.4. The number of nitrogen functional groups attached to an aromatic ring is 1. The quantitative estimate of drug-likeness (QED) is 0.309. The lowest BCUT2D eigenvalue weighted by atomic mass is 10.0. The van der Waals surface area contributed by atoms with Crippen molar-refractivity contribution in [1.29, 1.82) is 0 Å². The SMILES string of the molecule is NNc1cc(N[C@@H](Cc2ccccc2)C(N)=O)c([N+](=O)[O-])cc1[N+](=O)[O-]. The van der Waals surface area contributed by atoms with Gasteiger partial charge >= 0.3 is 5.69 Å². The van der Waals surface area contributed by atoms with Gasteiger partial charge in [-0.25, -0.2) is 0 Å². The molecule has 0 aliphatic rings. The summed E-state index contributed by atoms with van der Waals surface area (Å²) in [5.74, 6) is 4.52. The van der Waals surface area contributed by atoms with Crippen molar-refractivity contribution in [1.82, 2.24) is 0 Å². The zero-order valence-corrected chi connectivity index (χ0v) is 13.4. The van der Waals surface area contributed by atoms with Gasteiger partial charge in [0.05, 0.1) is 15.9 Å². The van der Waals surface area contributed by atoms with Gasteiger partial charge in [0, 0.05) is 6.42 Å². The molecule has 2 rings (SSSR count). The third-order valence-electron chi connectivity index (χ3n) is 3.62. The minimum absolute atomic E-state index is 0.117. The maximum absolute atomic E-state index is 11.8. The monoisotopic (exact) mass is 360 g/mol. The van der Waals surface area contributed by atoms with Crippen LogP contribution in [0.4, 0.5) is 22.7 Å². The molecule has 26 heavy (non-hydrogen) atoms. The molecule has 0 aliphatic heterocycles. The first-order valence-electron chi connectivity index (χ1n) is 7.36. The van der Waals surface area contributed by atoms with Crippen LogP contribution in [-0.2, 0) is 11.2 Å². The largest absolute Gasteiger partial charge is 0.368 e. The summed E-state index contributed by atoms with van der Waals surface area (Å²) >= 11 is 0. The van der Waals surface area contributed by atoms with Gasteiger partial charge in [0.1, 0.15) is 17.4 Å². The van der Waals surface area contributed by atoms with Crippen molar-refractivity contribution in [3.63, 3.8) is 0 Å². The number of carbonyl (C=O) groups is 1. The summed E-state index contributed by atoms with van der Waals surface area (Å²) in [4.78, 5) is 32.5. The molecule has 0 spiro atoms. The van der Waals surface area contributed by atoms with E-state index >= 15 is 0 Å². The second-order valence-electron chi connectivity index (χ2n) is 5.33. The van der Waals surface area contributed by atoms with Crippen LogP contribution >= 0.6 is 0 Å². The average molecular weight is 360 g/mol. The number of primary amides is 1. The summed E-state index contributed by atoms with van der Waals surface area (Å²) in [5, 5.41) is 25.0.